The van der Waals surface area contributed by atoms with Crippen LogP contribution in [0.15, 0.2) is 35.4 Å². The van der Waals surface area contributed by atoms with Crippen LogP contribution in [0.1, 0.15) is 25.5 Å². The standard InChI is InChI=1S/C24H21ClF2N4O3/c1-24(27)12-30(13-24)20(33)11-29-8-9-31-22(23(29)34)21(15-4-5-17(26)16(25)10-15)18(28-31)6-7-19(32)14-2-3-14/h4-5,8-10,14,19,32H,2-3,11-13H2,1H3. The Labute approximate surface area is 198 Å². The fourth-order valence-electron chi connectivity index (χ4n) is 4.08. The highest BCUT2D eigenvalue weighted by Gasteiger charge is 2.41. The summed E-state index contributed by atoms with van der Waals surface area (Å²) in [7, 11) is 0. The molecule has 2 aromatic heterocycles. The number of rotatable bonds is 4. The van der Waals surface area contributed by atoms with Gasteiger partial charge in [0.15, 0.2) is 0 Å². The van der Waals surface area contributed by atoms with Gasteiger partial charge in [0.05, 0.1) is 18.1 Å². The van der Waals surface area contributed by atoms with E-state index in [1.54, 1.807) is 0 Å². The van der Waals surface area contributed by atoms with Crippen LogP contribution in [-0.4, -0.2) is 55.0 Å². The molecule has 1 amide bonds. The summed E-state index contributed by atoms with van der Waals surface area (Å²) in [6.45, 7) is 1.13. The Morgan fingerprint density at radius 3 is 2.74 bits per heavy atom. The Bertz CT molecular complexity index is 1420. The fraction of sp³-hybridized carbons (Fsp3) is 0.375. The maximum atomic E-state index is 13.8. The van der Waals surface area contributed by atoms with Crippen molar-refractivity contribution in [2.24, 2.45) is 5.92 Å². The first-order chi connectivity index (χ1) is 16.1. The van der Waals surface area contributed by atoms with Gasteiger partial charge < -0.3 is 14.6 Å². The number of aliphatic hydroxyl groups is 1. The first kappa shape index (κ1) is 22.6. The lowest BCUT2D eigenvalue weighted by molar-refractivity contribution is -0.144. The van der Waals surface area contributed by atoms with E-state index in [0.29, 0.717) is 11.1 Å². The second-order valence-corrected chi connectivity index (χ2v) is 9.50. The SMILES string of the molecule is CC1(F)CN(C(=O)Cn2ccn3nc(C#CC(O)C4CC4)c(-c4ccc(F)c(Cl)c4)c3c2=O)C1. The van der Waals surface area contributed by atoms with Gasteiger partial charge in [-0.2, -0.15) is 5.10 Å². The molecule has 1 atom stereocenters. The summed E-state index contributed by atoms with van der Waals surface area (Å²) in [5.74, 6) is 4.77. The van der Waals surface area contributed by atoms with E-state index in [9.17, 15) is 23.5 Å². The third-order valence-corrected chi connectivity index (χ3v) is 6.37. The predicted octanol–water partition coefficient (Wildman–Crippen LogP) is 2.65. The van der Waals surface area contributed by atoms with Crippen molar-refractivity contribution < 1.29 is 18.7 Å². The number of amides is 1. The molecule has 10 heteroatoms. The van der Waals surface area contributed by atoms with Crippen molar-refractivity contribution >= 4 is 23.0 Å². The zero-order chi connectivity index (χ0) is 24.2. The average Bonchev–Trinajstić information content (AvgIpc) is 3.55. The molecule has 5 rings (SSSR count). The van der Waals surface area contributed by atoms with Crippen LogP contribution in [0, 0.1) is 23.6 Å². The van der Waals surface area contributed by atoms with Gasteiger partial charge in [-0.05, 0) is 49.3 Å². The zero-order valence-electron chi connectivity index (χ0n) is 18.3. The third-order valence-electron chi connectivity index (χ3n) is 6.08. The minimum absolute atomic E-state index is 0.0160. The number of aliphatic hydroxyl groups excluding tert-OH is 1. The van der Waals surface area contributed by atoms with Crippen LogP contribution in [0.4, 0.5) is 8.78 Å². The average molecular weight is 487 g/mol. The second kappa shape index (κ2) is 8.22. The first-order valence-electron chi connectivity index (χ1n) is 10.9. The quantitative estimate of drug-likeness (QED) is 0.575. The van der Waals surface area contributed by atoms with E-state index < -0.39 is 23.1 Å². The number of likely N-dealkylation sites (tertiary alicyclic amines) is 1. The Morgan fingerprint density at radius 1 is 1.35 bits per heavy atom. The minimum atomic E-state index is -1.41. The van der Waals surface area contributed by atoms with Gasteiger partial charge in [0.2, 0.25) is 5.91 Å². The molecule has 1 saturated carbocycles. The number of aromatic nitrogens is 3. The molecule has 3 heterocycles. The number of nitrogens with zero attached hydrogens (tertiary/aromatic N) is 4. The summed E-state index contributed by atoms with van der Waals surface area (Å²) >= 11 is 5.99. The van der Waals surface area contributed by atoms with Gasteiger partial charge >= 0.3 is 0 Å². The van der Waals surface area contributed by atoms with Gasteiger partial charge in [0.1, 0.15) is 35.3 Å². The Morgan fingerprint density at radius 2 is 2.09 bits per heavy atom. The molecule has 1 aliphatic heterocycles. The monoisotopic (exact) mass is 486 g/mol. The van der Waals surface area contributed by atoms with E-state index in [-0.39, 0.29) is 47.7 Å². The second-order valence-electron chi connectivity index (χ2n) is 9.09. The molecule has 7 nitrogen and oxygen atoms in total. The largest absolute Gasteiger partial charge is 0.380 e. The summed E-state index contributed by atoms with van der Waals surface area (Å²) in [5, 5.41) is 14.4. The van der Waals surface area contributed by atoms with Crippen molar-refractivity contribution in [3.8, 4) is 23.0 Å². The lowest BCUT2D eigenvalue weighted by atomic mass is 9.99. The summed E-state index contributed by atoms with van der Waals surface area (Å²) < 4.78 is 30.2. The smallest absolute Gasteiger partial charge is 0.277 e. The molecule has 1 aromatic carbocycles. The molecule has 2 aliphatic rings. The van der Waals surface area contributed by atoms with Crippen LogP contribution >= 0.6 is 11.6 Å². The summed E-state index contributed by atoms with van der Waals surface area (Å²) in [6.07, 6.45) is 3.93. The van der Waals surface area contributed by atoms with E-state index in [1.165, 1.54) is 51.5 Å². The molecule has 2 fully saturated rings. The number of alkyl halides is 1. The van der Waals surface area contributed by atoms with Crippen LogP contribution in [-0.2, 0) is 11.3 Å². The number of hydrogen-bond donors (Lipinski definition) is 1. The molecule has 34 heavy (non-hydrogen) atoms. The highest BCUT2D eigenvalue weighted by Crippen LogP contribution is 2.33. The van der Waals surface area contributed by atoms with Crippen molar-refractivity contribution in [3.63, 3.8) is 0 Å². The molecule has 1 unspecified atom stereocenters. The van der Waals surface area contributed by atoms with Gasteiger partial charge in [0.25, 0.3) is 5.56 Å². The van der Waals surface area contributed by atoms with E-state index in [0.717, 1.165) is 12.8 Å². The summed E-state index contributed by atoms with van der Waals surface area (Å²) in [6, 6.07) is 4.02. The van der Waals surface area contributed by atoms with Crippen LogP contribution < -0.4 is 5.56 Å². The van der Waals surface area contributed by atoms with Crippen molar-refractivity contribution in [1.82, 2.24) is 19.1 Å². The Kier molecular flexibility index (Phi) is 5.46. The van der Waals surface area contributed by atoms with Gasteiger partial charge in [-0.25, -0.2) is 13.3 Å². The van der Waals surface area contributed by atoms with Crippen molar-refractivity contribution in [2.45, 2.75) is 38.1 Å². The zero-order valence-corrected chi connectivity index (χ0v) is 19.0. The summed E-state index contributed by atoms with van der Waals surface area (Å²) in [4.78, 5) is 27.3. The van der Waals surface area contributed by atoms with E-state index in [4.69, 9.17) is 11.6 Å². The summed E-state index contributed by atoms with van der Waals surface area (Å²) in [5.41, 5.74) is -0.836. The van der Waals surface area contributed by atoms with Crippen LogP contribution in [0.5, 0.6) is 0 Å². The maximum Gasteiger partial charge on any atom is 0.277 e. The van der Waals surface area contributed by atoms with E-state index in [2.05, 4.69) is 16.9 Å². The van der Waals surface area contributed by atoms with E-state index in [1.807, 2.05) is 0 Å². The number of halogens is 3. The fourth-order valence-corrected chi connectivity index (χ4v) is 4.26. The molecule has 0 radical (unpaired) electrons. The lowest BCUT2D eigenvalue weighted by Gasteiger charge is -2.42. The van der Waals surface area contributed by atoms with Gasteiger partial charge in [0, 0.05) is 18.0 Å². The van der Waals surface area contributed by atoms with Gasteiger partial charge in [-0.15, -0.1) is 0 Å². The number of carbonyl (C=O) groups excluding carboxylic acids is 1. The molecule has 1 N–H and O–H groups in total. The Balaban J connectivity index is 1.59. The van der Waals surface area contributed by atoms with Crippen molar-refractivity contribution in [2.75, 3.05) is 13.1 Å². The molecule has 0 spiro atoms. The molecule has 1 saturated heterocycles. The molecule has 1 aliphatic carbocycles. The van der Waals surface area contributed by atoms with E-state index >= 15 is 0 Å². The minimum Gasteiger partial charge on any atom is -0.380 e. The lowest BCUT2D eigenvalue weighted by Crippen LogP contribution is -2.60. The highest BCUT2D eigenvalue weighted by atomic mass is 35.5. The van der Waals surface area contributed by atoms with Gasteiger partial charge in [-0.1, -0.05) is 23.6 Å². The van der Waals surface area contributed by atoms with Gasteiger partial charge in [-0.3, -0.25) is 9.59 Å². The third kappa shape index (κ3) is 4.19. The highest BCUT2D eigenvalue weighted by molar-refractivity contribution is 6.31. The topological polar surface area (TPSA) is 79.8 Å². The van der Waals surface area contributed by atoms with Crippen molar-refractivity contribution in [1.29, 1.82) is 0 Å². The van der Waals surface area contributed by atoms with Crippen LogP contribution in [0.25, 0.3) is 16.6 Å². The number of carbonyl (C=O) groups is 1. The maximum absolute atomic E-state index is 13.8. The molecule has 176 valence electrons. The predicted molar refractivity (Wildman–Crippen MR) is 122 cm³/mol. The molecule has 3 aromatic rings. The van der Waals surface area contributed by atoms with Crippen molar-refractivity contribution in [3.05, 3.63) is 57.5 Å². The molecular formula is C24H21ClF2N4O3. The van der Waals surface area contributed by atoms with Crippen LogP contribution in [0.2, 0.25) is 5.02 Å². The van der Waals surface area contributed by atoms with Crippen LogP contribution in [0.3, 0.4) is 0 Å². The number of hydrogen-bond acceptors (Lipinski definition) is 4. The number of benzene rings is 1. The molecular weight excluding hydrogens is 466 g/mol. The normalized spacial score (nSPS) is 17.7. The first-order valence-corrected chi connectivity index (χ1v) is 11.2. The number of fused-ring (bicyclic) bond motifs is 1. The Hall–Kier alpha value is -3.22. The molecule has 0 bridgehead atoms.